The first kappa shape index (κ1) is 42.0. The van der Waals surface area contributed by atoms with Crippen molar-refractivity contribution in [2.24, 2.45) is 0 Å². The van der Waals surface area contributed by atoms with Gasteiger partial charge in [-0.15, -0.1) is 0 Å². The minimum absolute atomic E-state index is 0.775. The Bertz CT molecular complexity index is 4130. The van der Waals surface area contributed by atoms with Crippen molar-refractivity contribution in [3.8, 4) is 22.3 Å². The van der Waals surface area contributed by atoms with E-state index in [0.29, 0.717) is 0 Å². The minimum atomic E-state index is -2.40. The van der Waals surface area contributed by atoms with Crippen LogP contribution in [0.3, 0.4) is 0 Å². The van der Waals surface area contributed by atoms with Gasteiger partial charge in [-0.2, -0.15) is 0 Å². The molecule has 0 saturated carbocycles. The Kier molecular flexibility index (Phi) is 8.95. The molecular formula is C66H48Ge2N2O2. The molecule has 0 unspecified atom stereocenters. The van der Waals surface area contributed by atoms with Gasteiger partial charge in [-0.3, -0.25) is 0 Å². The van der Waals surface area contributed by atoms with Crippen LogP contribution in [-0.4, -0.2) is 26.5 Å². The Labute approximate surface area is 423 Å². The summed E-state index contributed by atoms with van der Waals surface area (Å²) in [6.45, 7) is 0. The number of hydrogen-bond acceptors (Lipinski definition) is 4. The molecule has 2 aromatic heterocycles. The van der Waals surface area contributed by atoms with E-state index in [1.807, 2.05) is 0 Å². The van der Waals surface area contributed by atoms with Gasteiger partial charge in [-0.25, -0.2) is 0 Å². The molecule has 2 aliphatic heterocycles. The van der Waals surface area contributed by atoms with Gasteiger partial charge in [-0.05, 0) is 12.1 Å². The molecule has 0 saturated heterocycles. The van der Waals surface area contributed by atoms with E-state index in [2.05, 4.69) is 251 Å². The van der Waals surface area contributed by atoms with Crippen LogP contribution in [0.4, 0.5) is 34.1 Å². The van der Waals surface area contributed by atoms with Gasteiger partial charge in [0.05, 0.1) is 0 Å². The maximum absolute atomic E-state index is 6.88. The van der Waals surface area contributed by atoms with E-state index in [1.54, 1.807) is 17.6 Å². The number of nitrogens with zero attached hydrogens (tertiary/aromatic N) is 2. The van der Waals surface area contributed by atoms with Gasteiger partial charge < -0.3 is 0 Å². The van der Waals surface area contributed by atoms with Crippen molar-refractivity contribution < 1.29 is 8.83 Å². The molecule has 2 aliphatic rings. The van der Waals surface area contributed by atoms with Crippen molar-refractivity contribution in [3.05, 3.63) is 218 Å². The third-order valence-electron chi connectivity index (χ3n) is 16.2. The van der Waals surface area contributed by atoms with Crippen LogP contribution in [0.5, 0.6) is 0 Å². The molecule has 13 aromatic rings. The Morgan fingerprint density at radius 3 is 1.10 bits per heavy atom. The molecule has 6 heteroatoms. The number of anilines is 6. The summed E-state index contributed by atoms with van der Waals surface area (Å²) < 4.78 is 20.0. The first-order valence-electron chi connectivity index (χ1n) is 25.1. The summed E-state index contributed by atoms with van der Waals surface area (Å²) in [5, 5.41) is 8.81. The van der Waals surface area contributed by atoms with Crippen LogP contribution in [0.15, 0.2) is 227 Å². The van der Waals surface area contributed by atoms with Crippen LogP contribution in [-0.2, 0) is 0 Å². The molecule has 0 radical (unpaired) electrons. The van der Waals surface area contributed by atoms with Gasteiger partial charge in [0.15, 0.2) is 0 Å². The van der Waals surface area contributed by atoms with E-state index in [1.165, 1.54) is 22.3 Å². The normalized spacial score (nSPS) is 14.1. The number of fused-ring (bicyclic) bond motifs is 15. The van der Waals surface area contributed by atoms with Gasteiger partial charge in [0.1, 0.15) is 0 Å². The molecule has 4 nitrogen and oxygen atoms in total. The average Bonchev–Trinajstić information content (AvgIpc) is 4.10. The van der Waals surface area contributed by atoms with Crippen LogP contribution < -0.4 is 27.4 Å². The van der Waals surface area contributed by atoms with Gasteiger partial charge in [-0.1, -0.05) is 0 Å². The second-order valence-electron chi connectivity index (χ2n) is 20.9. The summed E-state index contributed by atoms with van der Waals surface area (Å²) in [7, 11) is 0. The maximum atomic E-state index is 6.88. The molecule has 0 fully saturated rings. The fourth-order valence-corrected chi connectivity index (χ4v) is 25.5. The van der Waals surface area contributed by atoms with Crippen LogP contribution in [0.1, 0.15) is 0 Å². The molecular weight excluding hydrogens is 998 g/mol. The Hall–Kier alpha value is -7.77. The summed E-state index contributed by atoms with van der Waals surface area (Å²) in [4.78, 5) is 4.78. The zero-order valence-corrected chi connectivity index (χ0v) is 44.7. The first-order valence-corrected chi connectivity index (χ1v) is 37.6. The number of hydrogen-bond donors (Lipinski definition) is 0. The summed E-state index contributed by atoms with van der Waals surface area (Å²) in [5.74, 6) is 10.1. The standard InChI is InChI=1S/C66H48Ge2N2O2/c1-67(2)59-21-13-11-19-51(59)55-39-49(27-31-61(55)67)69(45-15-7-5-8-16-45)47-25-23-41-35-57-53-29-30-54-58-36-42-24-26-48(34-44(42)38-64(58)72-66(54)65(53)71-63(57)37-43(41)33-47)70(46-17-9-6-10-18-46)50-28-32-62-56(40-50)52-20-12-14-22-60(52)68(62,3)4/h5-40H,1-4H3. The molecule has 0 aliphatic carbocycles. The second-order valence-corrected chi connectivity index (χ2v) is 39.1. The van der Waals surface area contributed by atoms with Crippen molar-refractivity contribution in [2.45, 2.75) is 23.0 Å². The number of rotatable bonds is 6. The van der Waals surface area contributed by atoms with Crippen LogP contribution in [0.25, 0.3) is 87.7 Å². The van der Waals surface area contributed by atoms with Gasteiger partial charge in [0, 0.05) is 0 Å². The SMILES string of the molecule is [CH3][Ge]1([CH3])[c]2ccccc2-c2cc(N(c3ccccc3)c3ccc4cc5c(cc4c3)oc3c5ccc4c5cc6ccc(N(c7ccccc7)c7cc[c]8c(c7)-c7cccc[c]7[Ge]8([CH3])[CH3])cc6cc5oc43)cc[c]21. The summed E-state index contributed by atoms with van der Waals surface area (Å²) in [5.41, 5.74) is 15.5. The molecule has 15 rings (SSSR count). The molecule has 0 amide bonds. The zero-order valence-electron chi connectivity index (χ0n) is 40.5. The fraction of sp³-hybridized carbons (Fsp3) is 0.0606. The predicted molar refractivity (Wildman–Crippen MR) is 310 cm³/mol. The Balaban J connectivity index is 0.827. The molecule has 72 heavy (non-hydrogen) atoms. The summed E-state index contributed by atoms with van der Waals surface area (Å²) in [6, 6.07) is 80.9. The molecule has 0 bridgehead atoms. The van der Waals surface area contributed by atoms with E-state index in [9.17, 15) is 0 Å². The molecule has 4 heterocycles. The van der Waals surface area contributed by atoms with Crippen LogP contribution in [0, 0.1) is 0 Å². The van der Waals surface area contributed by atoms with E-state index >= 15 is 0 Å². The quantitative estimate of drug-likeness (QED) is 0.155. The number of benzene rings is 11. The first-order chi connectivity index (χ1) is 35.2. The fourth-order valence-electron chi connectivity index (χ4n) is 12.5. The Morgan fingerprint density at radius 2 is 0.653 bits per heavy atom. The van der Waals surface area contributed by atoms with E-state index < -0.39 is 26.5 Å². The van der Waals surface area contributed by atoms with E-state index in [0.717, 1.165) is 99.5 Å². The van der Waals surface area contributed by atoms with Gasteiger partial charge in [0.25, 0.3) is 0 Å². The van der Waals surface area contributed by atoms with Crippen molar-refractivity contribution in [1.82, 2.24) is 0 Å². The zero-order chi connectivity index (χ0) is 48.0. The van der Waals surface area contributed by atoms with Gasteiger partial charge >= 0.3 is 414 Å². The molecule has 0 atom stereocenters. The molecule has 11 aromatic carbocycles. The predicted octanol–water partition coefficient (Wildman–Crippen LogP) is 16.3. The van der Waals surface area contributed by atoms with Crippen LogP contribution in [0.2, 0.25) is 23.0 Å². The molecule has 0 spiro atoms. The van der Waals surface area contributed by atoms with Crippen molar-refractivity contribution >= 4 is 144 Å². The van der Waals surface area contributed by atoms with Crippen molar-refractivity contribution in [2.75, 3.05) is 9.80 Å². The third kappa shape index (κ3) is 6.12. The van der Waals surface area contributed by atoms with E-state index in [4.69, 9.17) is 8.83 Å². The molecule has 342 valence electrons. The Morgan fingerprint density at radius 1 is 0.278 bits per heavy atom. The molecule has 0 N–H and O–H groups in total. The average molecular weight is 1050 g/mol. The summed E-state index contributed by atoms with van der Waals surface area (Å²) >= 11 is -4.79. The topological polar surface area (TPSA) is 32.8 Å². The number of para-hydroxylation sites is 2. The van der Waals surface area contributed by atoms with Crippen LogP contribution >= 0.6 is 0 Å². The summed E-state index contributed by atoms with van der Waals surface area (Å²) in [6.07, 6.45) is 0. The second kappa shape index (κ2) is 15.4. The third-order valence-corrected chi connectivity index (χ3v) is 31.1. The van der Waals surface area contributed by atoms with Gasteiger partial charge in [0.2, 0.25) is 0 Å². The van der Waals surface area contributed by atoms with E-state index in [-0.39, 0.29) is 0 Å². The number of furan rings is 2. The van der Waals surface area contributed by atoms with Crippen molar-refractivity contribution in [1.29, 1.82) is 0 Å². The van der Waals surface area contributed by atoms with Crippen molar-refractivity contribution in [3.63, 3.8) is 0 Å². The monoisotopic (exact) mass is 1050 g/mol.